The van der Waals surface area contributed by atoms with Gasteiger partial charge in [-0.25, -0.2) is 0 Å². The van der Waals surface area contributed by atoms with Crippen molar-refractivity contribution in [2.24, 2.45) is 0 Å². The van der Waals surface area contributed by atoms with Crippen LogP contribution in [0.25, 0.3) is 0 Å². The molecule has 0 bridgehead atoms. The summed E-state index contributed by atoms with van der Waals surface area (Å²) in [6, 6.07) is 23.0. The van der Waals surface area contributed by atoms with E-state index in [1.54, 1.807) is 36.0 Å². The Bertz CT molecular complexity index is 1030. The van der Waals surface area contributed by atoms with Gasteiger partial charge < -0.3 is 15.0 Å². The Labute approximate surface area is 184 Å². The normalized spacial score (nSPS) is 12.0. The Morgan fingerprint density at radius 2 is 1.50 bits per heavy atom. The molecule has 1 N–H and O–H groups in total. The molecule has 3 aromatic rings. The highest BCUT2D eigenvalue weighted by atomic mass is 35.5. The number of nitrogens with zero attached hydrogens (tertiary/aromatic N) is 1. The summed E-state index contributed by atoms with van der Waals surface area (Å²) in [4.78, 5) is 28.7. The maximum Gasteiger partial charge on any atom is 0.325 e. The molecule has 0 spiro atoms. The molecule has 4 rings (SSSR count). The summed E-state index contributed by atoms with van der Waals surface area (Å²) in [5.74, 6) is -0.747. The van der Waals surface area contributed by atoms with E-state index in [1.807, 2.05) is 53.4 Å². The van der Waals surface area contributed by atoms with Gasteiger partial charge in [0.05, 0.1) is 11.4 Å². The molecule has 1 aliphatic heterocycles. The van der Waals surface area contributed by atoms with Gasteiger partial charge in [0.15, 0.2) is 0 Å². The highest BCUT2D eigenvalue weighted by Crippen LogP contribution is 2.47. The van der Waals surface area contributed by atoms with Gasteiger partial charge in [0.2, 0.25) is 5.91 Å². The fourth-order valence-electron chi connectivity index (χ4n) is 3.12. The Kier molecular flexibility index (Phi) is 6.26. The van der Waals surface area contributed by atoms with E-state index in [2.05, 4.69) is 5.32 Å². The SMILES string of the molecule is O=C(CN1c2ccccc2Sc2ccccc21)NCC(=O)OCc1ccc(Cl)cc1. The zero-order chi connectivity index (χ0) is 20.9. The number of nitrogens with one attached hydrogen (secondary N) is 1. The highest BCUT2D eigenvalue weighted by molar-refractivity contribution is 7.99. The standard InChI is InChI=1S/C23H19ClN2O3S/c24-17-11-9-16(10-12-17)15-29-23(28)13-25-22(27)14-26-18-5-1-3-7-20(18)30-21-8-4-2-6-19(21)26/h1-12H,13-15H2,(H,25,27). The van der Waals surface area contributed by atoms with Gasteiger partial charge in [-0.2, -0.15) is 0 Å². The second-order valence-corrected chi connectivity index (χ2v) is 8.21. The number of carbonyl (C=O) groups is 2. The molecule has 152 valence electrons. The van der Waals surface area contributed by atoms with E-state index in [9.17, 15) is 9.59 Å². The summed E-state index contributed by atoms with van der Waals surface area (Å²) in [6.45, 7) is 0.0628. The van der Waals surface area contributed by atoms with Gasteiger partial charge in [0.25, 0.3) is 0 Å². The van der Waals surface area contributed by atoms with Crippen LogP contribution in [-0.2, 0) is 20.9 Å². The number of hydrogen-bond acceptors (Lipinski definition) is 5. The first-order chi connectivity index (χ1) is 14.6. The van der Waals surface area contributed by atoms with Gasteiger partial charge in [0.1, 0.15) is 19.7 Å². The number of rotatable bonds is 6. The van der Waals surface area contributed by atoms with Gasteiger partial charge in [0, 0.05) is 14.8 Å². The molecule has 30 heavy (non-hydrogen) atoms. The first kappa shape index (κ1) is 20.3. The molecule has 0 unspecified atom stereocenters. The predicted molar refractivity (Wildman–Crippen MR) is 118 cm³/mol. The van der Waals surface area contributed by atoms with Crippen molar-refractivity contribution in [2.75, 3.05) is 18.0 Å². The maximum absolute atomic E-state index is 12.6. The van der Waals surface area contributed by atoms with Crippen molar-refractivity contribution < 1.29 is 14.3 Å². The van der Waals surface area contributed by atoms with E-state index in [1.165, 1.54) is 0 Å². The first-order valence-corrected chi connectivity index (χ1v) is 10.6. The van der Waals surface area contributed by atoms with Gasteiger partial charge >= 0.3 is 5.97 Å². The zero-order valence-corrected chi connectivity index (χ0v) is 17.6. The van der Waals surface area contributed by atoms with Crippen LogP contribution in [0.15, 0.2) is 82.6 Å². The summed E-state index contributed by atoms with van der Waals surface area (Å²) >= 11 is 7.52. The van der Waals surface area contributed by atoms with Gasteiger partial charge in [-0.3, -0.25) is 9.59 Å². The molecule has 0 aliphatic carbocycles. The lowest BCUT2D eigenvalue weighted by Gasteiger charge is -2.32. The summed E-state index contributed by atoms with van der Waals surface area (Å²) < 4.78 is 5.21. The monoisotopic (exact) mass is 438 g/mol. The number of benzene rings is 3. The number of hydrogen-bond donors (Lipinski definition) is 1. The Morgan fingerprint density at radius 3 is 2.13 bits per heavy atom. The molecule has 1 aliphatic rings. The minimum absolute atomic E-state index is 0.110. The fraction of sp³-hybridized carbons (Fsp3) is 0.130. The van der Waals surface area contributed by atoms with E-state index in [4.69, 9.17) is 16.3 Å². The van der Waals surface area contributed by atoms with Gasteiger partial charge in [-0.1, -0.05) is 59.8 Å². The molecule has 0 saturated heterocycles. The molecule has 1 heterocycles. The molecular formula is C23H19ClN2O3S. The molecule has 3 aromatic carbocycles. The number of fused-ring (bicyclic) bond motifs is 2. The smallest absolute Gasteiger partial charge is 0.325 e. The third-order valence-electron chi connectivity index (χ3n) is 4.58. The van der Waals surface area contributed by atoms with Crippen LogP contribution in [0.3, 0.4) is 0 Å². The lowest BCUT2D eigenvalue weighted by molar-refractivity contribution is -0.145. The van der Waals surface area contributed by atoms with Crippen molar-refractivity contribution in [1.82, 2.24) is 5.32 Å². The number of ether oxygens (including phenoxy) is 1. The number of para-hydroxylation sites is 2. The number of carbonyl (C=O) groups excluding carboxylic acids is 2. The third kappa shape index (κ3) is 4.78. The topological polar surface area (TPSA) is 58.6 Å². The largest absolute Gasteiger partial charge is 0.460 e. The number of amides is 1. The average Bonchev–Trinajstić information content (AvgIpc) is 2.77. The van der Waals surface area contributed by atoms with Crippen molar-refractivity contribution in [3.63, 3.8) is 0 Å². The number of anilines is 2. The maximum atomic E-state index is 12.6. The van der Waals surface area contributed by atoms with Crippen LogP contribution >= 0.6 is 23.4 Å². The lowest BCUT2D eigenvalue weighted by atomic mass is 10.2. The second kappa shape index (κ2) is 9.24. The van der Waals surface area contributed by atoms with Crippen LogP contribution in [0.1, 0.15) is 5.56 Å². The average molecular weight is 439 g/mol. The van der Waals surface area contributed by atoms with Crippen LogP contribution in [0, 0.1) is 0 Å². The van der Waals surface area contributed by atoms with Crippen LogP contribution in [-0.4, -0.2) is 25.0 Å². The minimum atomic E-state index is -0.492. The Morgan fingerprint density at radius 1 is 0.900 bits per heavy atom. The molecule has 0 aromatic heterocycles. The molecule has 5 nitrogen and oxygen atoms in total. The van der Waals surface area contributed by atoms with E-state index < -0.39 is 5.97 Å². The van der Waals surface area contributed by atoms with Gasteiger partial charge in [-0.15, -0.1) is 0 Å². The lowest BCUT2D eigenvalue weighted by Crippen LogP contribution is -2.38. The van der Waals surface area contributed by atoms with Crippen molar-refractivity contribution in [2.45, 2.75) is 16.4 Å². The molecule has 0 saturated carbocycles. The minimum Gasteiger partial charge on any atom is -0.460 e. The number of halogens is 1. The quantitative estimate of drug-likeness (QED) is 0.560. The van der Waals surface area contributed by atoms with E-state index in [-0.39, 0.29) is 25.6 Å². The van der Waals surface area contributed by atoms with Crippen molar-refractivity contribution >= 4 is 46.6 Å². The van der Waals surface area contributed by atoms with E-state index in [0.29, 0.717) is 5.02 Å². The first-order valence-electron chi connectivity index (χ1n) is 9.40. The summed E-state index contributed by atoms with van der Waals surface area (Å²) in [7, 11) is 0. The second-order valence-electron chi connectivity index (χ2n) is 6.69. The van der Waals surface area contributed by atoms with Crippen molar-refractivity contribution in [3.8, 4) is 0 Å². The molecule has 0 fully saturated rings. The van der Waals surface area contributed by atoms with Gasteiger partial charge in [-0.05, 0) is 42.0 Å². The molecular weight excluding hydrogens is 420 g/mol. The van der Waals surface area contributed by atoms with Crippen LogP contribution in [0.5, 0.6) is 0 Å². The predicted octanol–water partition coefficient (Wildman–Crippen LogP) is 4.80. The van der Waals surface area contributed by atoms with Crippen molar-refractivity contribution in [1.29, 1.82) is 0 Å². The van der Waals surface area contributed by atoms with Crippen molar-refractivity contribution in [3.05, 3.63) is 83.4 Å². The highest BCUT2D eigenvalue weighted by Gasteiger charge is 2.24. The van der Waals surface area contributed by atoms with E-state index >= 15 is 0 Å². The van der Waals surface area contributed by atoms with Crippen LogP contribution in [0.4, 0.5) is 11.4 Å². The summed E-state index contributed by atoms with van der Waals surface area (Å²) in [5, 5.41) is 3.28. The number of esters is 1. The fourth-order valence-corrected chi connectivity index (χ4v) is 4.34. The summed E-state index contributed by atoms with van der Waals surface area (Å²) in [6.07, 6.45) is 0. The zero-order valence-electron chi connectivity index (χ0n) is 16.0. The van der Waals surface area contributed by atoms with E-state index in [0.717, 1.165) is 26.7 Å². The molecule has 7 heteroatoms. The summed E-state index contributed by atoms with van der Waals surface area (Å²) in [5.41, 5.74) is 2.78. The molecule has 0 radical (unpaired) electrons. The van der Waals surface area contributed by atoms with Crippen LogP contribution in [0.2, 0.25) is 5.02 Å². The van der Waals surface area contributed by atoms with Crippen LogP contribution < -0.4 is 10.2 Å². The Hall–Kier alpha value is -2.96. The molecule has 0 atom stereocenters. The molecule has 1 amide bonds. The third-order valence-corrected chi connectivity index (χ3v) is 5.96. The Balaban J connectivity index is 1.35.